The first-order valence-electron chi connectivity index (χ1n) is 4.68. The lowest BCUT2D eigenvalue weighted by Gasteiger charge is -2.04. The van der Waals surface area contributed by atoms with E-state index >= 15 is 0 Å². The van der Waals surface area contributed by atoms with Crippen LogP contribution in [0.1, 0.15) is 23.1 Å². The Hall–Kier alpha value is -1.62. The van der Waals surface area contributed by atoms with Gasteiger partial charge in [0.1, 0.15) is 5.69 Å². The molecule has 0 aliphatic rings. The van der Waals surface area contributed by atoms with Gasteiger partial charge in [-0.2, -0.15) is 0 Å². The summed E-state index contributed by atoms with van der Waals surface area (Å²) in [5, 5.41) is 2.81. The summed E-state index contributed by atoms with van der Waals surface area (Å²) in [7, 11) is 0. The maximum absolute atomic E-state index is 11.4. The molecule has 1 rings (SSSR count). The SMILES string of the molecule is CCOC(=O)c1cc(Cl)cc(CNC=O)n1. The Morgan fingerprint density at radius 3 is 3.00 bits per heavy atom. The van der Waals surface area contributed by atoms with Crippen molar-refractivity contribution >= 4 is 24.0 Å². The van der Waals surface area contributed by atoms with Gasteiger partial charge in [-0.25, -0.2) is 9.78 Å². The minimum Gasteiger partial charge on any atom is -0.461 e. The summed E-state index contributed by atoms with van der Waals surface area (Å²) in [4.78, 5) is 25.5. The van der Waals surface area contributed by atoms with Crippen molar-refractivity contribution in [1.82, 2.24) is 10.3 Å². The molecule has 6 heteroatoms. The van der Waals surface area contributed by atoms with Crippen molar-refractivity contribution in [2.24, 2.45) is 0 Å². The molecule has 0 atom stereocenters. The van der Waals surface area contributed by atoms with Gasteiger partial charge in [0.2, 0.25) is 6.41 Å². The number of nitrogens with one attached hydrogen (secondary N) is 1. The van der Waals surface area contributed by atoms with Crippen LogP contribution in [0, 0.1) is 0 Å². The fourth-order valence-electron chi connectivity index (χ4n) is 1.10. The fraction of sp³-hybridized carbons (Fsp3) is 0.300. The molecule has 1 aromatic rings. The van der Waals surface area contributed by atoms with Gasteiger partial charge in [-0.05, 0) is 19.1 Å². The van der Waals surface area contributed by atoms with Crippen molar-refractivity contribution in [1.29, 1.82) is 0 Å². The van der Waals surface area contributed by atoms with Crippen LogP contribution in [-0.4, -0.2) is 24.0 Å². The van der Waals surface area contributed by atoms with Gasteiger partial charge in [-0.1, -0.05) is 11.6 Å². The molecule has 0 saturated carbocycles. The van der Waals surface area contributed by atoms with E-state index in [0.717, 1.165) is 0 Å². The second kappa shape index (κ2) is 6.07. The Balaban J connectivity index is 2.88. The number of carbonyl (C=O) groups excluding carboxylic acids is 2. The third-order valence-corrected chi connectivity index (χ3v) is 1.91. The zero-order valence-corrected chi connectivity index (χ0v) is 9.45. The molecule has 0 saturated heterocycles. The summed E-state index contributed by atoms with van der Waals surface area (Å²) < 4.78 is 4.79. The van der Waals surface area contributed by atoms with Gasteiger partial charge >= 0.3 is 5.97 Å². The Morgan fingerprint density at radius 1 is 1.62 bits per heavy atom. The molecule has 86 valence electrons. The average molecular weight is 243 g/mol. The second-order valence-electron chi connectivity index (χ2n) is 2.88. The van der Waals surface area contributed by atoms with Gasteiger partial charge in [-0.15, -0.1) is 0 Å². The highest BCUT2D eigenvalue weighted by Gasteiger charge is 2.10. The molecular weight excluding hydrogens is 232 g/mol. The highest BCUT2D eigenvalue weighted by molar-refractivity contribution is 6.30. The summed E-state index contributed by atoms with van der Waals surface area (Å²) in [6.07, 6.45) is 0.548. The number of hydrogen-bond acceptors (Lipinski definition) is 4. The van der Waals surface area contributed by atoms with E-state index in [2.05, 4.69) is 10.3 Å². The number of esters is 1. The summed E-state index contributed by atoms with van der Waals surface area (Å²) in [5.74, 6) is -0.530. The smallest absolute Gasteiger partial charge is 0.356 e. The predicted octanol–water partition coefficient (Wildman–Crippen LogP) is 1.16. The quantitative estimate of drug-likeness (QED) is 0.621. The highest BCUT2D eigenvalue weighted by atomic mass is 35.5. The van der Waals surface area contributed by atoms with Gasteiger partial charge in [0.25, 0.3) is 0 Å². The molecule has 1 N–H and O–H groups in total. The molecule has 0 spiro atoms. The van der Waals surface area contributed by atoms with Crippen LogP contribution in [0.15, 0.2) is 12.1 Å². The molecule has 0 radical (unpaired) electrons. The second-order valence-corrected chi connectivity index (χ2v) is 3.32. The third-order valence-electron chi connectivity index (χ3n) is 1.69. The van der Waals surface area contributed by atoms with E-state index in [0.29, 0.717) is 17.1 Å². The van der Waals surface area contributed by atoms with Crippen molar-refractivity contribution in [3.05, 3.63) is 28.5 Å². The molecule has 1 aromatic heterocycles. The van der Waals surface area contributed by atoms with Crippen LogP contribution in [0.5, 0.6) is 0 Å². The Kier molecular flexibility index (Phi) is 4.72. The molecule has 1 amide bonds. The fourth-order valence-corrected chi connectivity index (χ4v) is 1.33. The lowest BCUT2D eigenvalue weighted by Crippen LogP contribution is -2.14. The Morgan fingerprint density at radius 2 is 2.38 bits per heavy atom. The number of pyridine rings is 1. The minimum atomic E-state index is -0.530. The molecule has 0 bridgehead atoms. The number of carbonyl (C=O) groups is 2. The van der Waals surface area contributed by atoms with E-state index in [1.165, 1.54) is 6.07 Å². The number of nitrogens with zero attached hydrogens (tertiary/aromatic N) is 1. The zero-order valence-electron chi connectivity index (χ0n) is 8.70. The van der Waals surface area contributed by atoms with Crippen LogP contribution in [0.4, 0.5) is 0 Å². The third kappa shape index (κ3) is 3.51. The summed E-state index contributed by atoms with van der Waals surface area (Å²) in [5.41, 5.74) is 0.639. The first kappa shape index (κ1) is 12.4. The molecular formula is C10H11ClN2O3. The van der Waals surface area contributed by atoms with Crippen LogP contribution in [0.25, 0.3) is 0 Å². The van der Waals surface area contributed by atoms with Crippen molar-refractivity contribution < 1.29 is 14.3 Å². The predicted molar refractivity (Wildman–Crippen MR) is 58.1 cm³/mol. The Bertz CT molecular complexity index is 396. The number of amides is 1. The van der Waals surface area contributed by atoms with E-state index in [4.69, 9.17) is 16.3 Å². The summed E-state index contributed by atoms with van der Waals surface area (Å²) in [6.45, 7) is 2.20. The van der Waals surface area contributed by atoms with E-state index in [1.807, 2.05) is 0 Å². The summed E-state index contributed by atoms with van der Waals surface area (Å²) >= 11 is 5.81. The molecule has 16 heavy (non-hydrogen) atoms. The first-order chi connectivity index (χ1) is 7.67. The minimum absolute atomic E-state index is 0.136. The van der Waals surface area contributed by atoms with Crippen LogP contribution in [0.3, 0.4) is 0 Å². The molecule has 5 nitrogen and oxygen atoms in total. The van der Waals surface area contributed by atoms with Crippen LogP contribution >= 0.6 is 11.6 Å². The topological polar surface area (TPSA) is 68.3 Å². The van der Waals surface area contributed by atoms with Crippen molar-refractivity contribution in [3.63, 3.8) is 0 Å². The van der Waals surface area contributed by atoms with Crippen LogP contribution < -0.4 is 5.32 Å². The van der Waals surface area contributed by atoms with Gasteiger partial charge in [0.15, 0.2) is 0 Å². The van der Waals surface area contributed by atoms with E-state index in [-0.39, 0.29) is 18.8 Å². The molecule has 0 unspecified atom stereocenters. The maximum atomic E-state index is 11.4. The number of hydrogen-bond donors (Lipinski definition) is 1. The van der Waals surface area contributed by atoms with E-state index < -0.39 is 5.97 Å². The molecule has 0 aliphatic heterocycles. The lowest BCUT2D eigenvalue weighted by atomic mass is 10.3. The average Bonchev–Trinajstić information content (AvgIpc) is 2.26. The molecule has 0 fully saturated rings. The monoisotopic (exact) mass is 242 g/mol. The summed E-state index contributed by atoms with van der Waals surface area (Å²) in [6, 6.07) is 2.99. The van der Waals surface area contributed by atoms with Crippen molar-refractivity contribution in [2.45, 2.75) is 13.5 Å². The van der Waals surface area contributed by atoms with Crippen LogP contribution in [-0.2, 0) is 16.1 Å². The van der Waals surface area contributed by atoms with Crippen molar-refractivity contribution in [2.75, 3.05) is 6.61 Å². The van der Waals surface area contributed by atoms with Gasteiger partial charge in [0.05, 0.1) is 18.8 Å². The first-order valence-corrected chi connectivity index (χ1v) is 5.05. The molecule has 1 heterocycles. The normalized spacial score (nSPS) is 9.62. The van der Waals surface area contributed by atoms with Gasteiger partial charge < -0.3 is 10.1 Å². The Labute approximate surface area is 97.8 Å². The number of rotatable bonds is 5. The van der Waals surface area contributed by atoms with Gasteiger partial charge in [-0.3, -0.25) is 4.79 Å². The number of ether oxygens (including phenoxy) is 1. The number of halogens is 1. The lowest BCUT2D eigenvalue weighted by molar-refractivity contribution is -0.109. The largest absolute Gasteiger partial charge is 0.461 e. The van der Waals surface area contributed by atoms with Crippen molar-refractivity contribution in [3.8, 4) is 0 Å². The van der Waals surface area contributed by atoms with E-state index in [1.54, 1.807) is 13.0 Å². The van der Waals surface area contributed by atoms with Crippen LogP contribution in [0.2, 0.25) is 5.02 Å². The van der Waals surface area contributed by atoms with E-state index in [9.17, 15) is 9.59 Å². The standard InChI is InChI=1S/C10H11ClN2O3/c1-2-16-10(15)9-4-7(11)3-8(13-9)5-12-6-14/h3-4,6H,2,5H2,1H3,(H,12,14). The molecule has 0 aromatic carbocycles. The number of aromatic nitrogens is 1. The molecule has 0 aliphatic carbocycles. The highest BCUT2D eigenvalue weighted by Crippen LogP contribution is 2.12. The maximum Gasteiger partial charge on any atom is 0.356 e. The van der Waals surface area contributed by atoms with Gasteiger partial charge in [0, 0.05) is 5.02 Å². The zero-order chi connectivity index (χ0) is 12.0.